The summed E-state index contributed by atoms with van der Waals surface area (Å²) in [7, 11) is 1.29. The second-order valence-corrected chi connectivity index (χ2v) is 6.58. The Bertz CT molecular complexity index is 853. The van der Waals surface area contributed by atoms with Gasteiger partial charge in [0.1, 0.15) is 12.1 Å². The summed E-state index contributed by atoms with van der Waals surface area (Å²) in [6.07, 6.45) is 4.83. The summed E-state index contributed by atoms with van der Waals surface area (Å²) in [6, 6.07) is 6.04. The minimum Gasteiger partial charge on any atom is -0.465 e. The van der Waals surface area contributed by atoms with Crippen LogP contribution < -0.4 is 10.1 Å². The SMILES string of the molecule is COC(=O)c1ccc(Oc2ncnc(NCCN3CCCCC3)c2[N+](=O)[O-])cc1. The smallest absolute Gasteiger partial charge is 0.373 e. The number of nitro groups is 1. The third-order valence-electron chi connectivity index (χ3n) is 4.63. The van der Waals surface area contributed by atoms with Crippen LogP contribution in [-0.2, 0) is 4.74 Å². The molecular formula is C19H23N5O5. The maximum atomic E-state index is 11.6. The van der Waals surface area contributed by atoms with E-state index in [0.29, 0.717) is 17.9 Å². The van der Waals surface area contributed by atoms with Crippen molar-refractivity contribution >= 4 is 17.5 Å². The van der Waals surface area contributed by atoms with Crippen molar-refractivity contribution in [2.45, 2.75) is 19.3 Å². The van der Waals surface area contributed by atoms with Gasteiger partial charge in [0.25, 0.3) is 0 Å². The molecule has 2 heterocycles. The Balaban J connectivity index is 1.70. The zero-order chi connectivity index (χ0) is 20.6. The lowest BCUT2D eigenvalue weighted by Crippen LogP contribution is -2.33. The zero-order valence-electron chi connectivity index (χ0n) is 16.2. The number of carbonyl (C=O) groups is 1. The number of likely N-dealkylation sites (tertiary alicyclic amines) is 1. The fourth-order valence-electron chi connectivity index (χ4n) is 3.14. The number of anilines is 1. The number of carbonyl (C=O) groups excluding carboxylic acids is 1. The molecule has 1 N–H and O–H groups in total. The van der Waals surface area contributed by atoms with Gasteiger partial charge in [0.2, 0.25) is 5.82 Å². The van der Waals surface area contributed by atoms with E-state index in [1.807, 2.05) is 0 Å². The van der Waals surface area contributed by atoms with E-state index in [-0.39, 0.29) is 17.4 Å². The average molecular weight is 401 g/mol. The molecule has 1 aromatic carbocycles. The van der Waals surface area contributed by atoms with Crippen LogP contribution in [0, 0.1) is 10.1 Å². The molecule has 0 amide bonds. The molecular weight excluding hydrogens is 378 g/mol. The van der Waals surface area contributed by atoms with Gasteiger partial charge < -0.3 is 19.7 Å². The molecule has 1 aromatic heterocycles. The van der Waals surface area contributed by atoms with Gasteiger partial charge in [0, 0.05) is 13.1 Å². The summed E-state index contributed by atoms with van der Waals surface area (Å²) >= 11 is 0. The molecule has 1 saturated heterocycles. The first-order chi connectivity index (χ1) is 14.1. The number of piperidine rings is 1. The standard InChI is InChI=1S/C19H23N5O5/c1-28-19(25)14-5-7-15(8-6-14)29-18-16(24(26)27)17(21-13-22-18)20-9-12-23-10-3-2-4-11-23/h5-8,13H,2-4,9-12H2,1H3,(H,20,21,22). The van der Waals surface area contributed by atoms with Gasteiger partial charge in [-0.1, -0.05) is 6.42 Å². The molecule has 1 fully saturated rings. The van der Waals surface area contributed by atoms with E-state index in [4.69, 9.17) is 4.74 Å². The van der Waals surface area contributed by atoms with Crippen molar-refractivity contribution in [2.24, 2.45) is 0 Å². The zero-order valence-corrected chi connectivity index (χ0v) is 16.2. The normalized spacial score (nSPS) is 14.2. The number of methoxy groups -OCH3 is 1. The first-order valence-electron chi connectivity index (χ1n) is 9.40. The number of nitrogens with one attached hydrogen (secondary N) is 1. The van der Waals surface area contributed by atoms with Crippen molar-refractivity contribution in [3.05, 3.63) is 46.3 Å². The van der Waals surface area contributed by atoms with Crippen LogP contribution in [0.1, 0.15) is 29.6 Å². The van der Waals surface area contributed by atoms with Gasteiger partial charge in [-0.25, -0.2) is 9.78 Å². The molecule has 0 atom stereocenters. The average Bonchev–Trinajstić information content (AvgIpc) is 2.74. The largest absolute Gasteiger partial charge is 0.465 e. The van der Waals surface area contributed by atoms with Crippen LogP contribution in [0.3, 0.4) is 0 Å². The number of rotatable bonds is 8. The van der Waals surface area contributed by atoms with Crippen LogP contribution in [0.2, 0.25) is 0 Å². The maximum Gasteiger partial charge on any atom is 0.373 e. The fourth-order valence-corrected chi connectivity index (χ4v) is 3.14. The fraction of sp³-hybridized carbons (Fsp3) is 0.421. The lowest BCUT2D eigenvalue weighted by molar-refractivity contribution is -0.385. The monoisotopic (exact) mass is 401 g/mol. The molecule has 0 spiro atoms. The molecule has 1 aliphatic heterocycles. The van der Waals surface area contributed by atoms with Gasteiger partial charge in [0.15, 0.2) is 0 Å². The number of nitrogens with zero attached hydrogens (tertiary/aromatic N) is 4. The number of ether oxygens (including phenoxy) is 2. The van der Waals surface area contributed by atoms with Crippen molar-refractivity contribution < 1.29 is 19.2 Å². The van der Waals surface area contributed by atoms with Gasteiger partial charge in [-0.15, -0.1) is 0 Å². The molecule has 1 aliphatic rings. The molecule has 2 aromatic rings. The third kappa shape index (κ3) is 5.38. The van der Waals surface area contributed by atoms with Crippen LogP contribution in [-0.4, -0.2) is 59.0 Å². The van der Waals surface area contributed by atoms with Gasteiger partial charge in [0.05, 0.1) is 17.6 Å². The van der Waals surface area contributed by atoms with Crippen molar-refractivity contribution in [3.63, 3.8) is 0 Å². The van der Waals surface area contributed by atoms with Crippen LogP contribution in [0.4, 0.5) is 11.5 Å². The first-order valence-corrected chi connectivity index (χ1v) is 9.40. The van der Waals surface area contributed by atoms with Crippen molar-refractivity contribution in [2.75, 3.05) is 38.6 Å². The minimum atomic E-state index is -0.568. The molecule has 0 radical (unpaired) electrons. The number of hydrogen-bond acceptors (Lipinski definition) is 9. The highest BCUT2D eigenvalue weighted by molar-refractivity contribution is 5.89. The Morgan fingerprint density at radius 2 is 1.93 bits per heavy atom. The van der Waals surface area contributed by atoms with E-state index in [0.717, 1.165) is 19.6 Å². The predicted octanol–water partition coefficient (Wildman–Crippen LogP) is 2.86. The van der Waals surface area contributed by atoms with Crippen LogP contribution in [0.15, 0.2) is 30.6 Å². The van der Waals surface area contributed by atoms with Crippen molar-refractivity contribution in [3.8, 4) is 11.6 Å². The molecule has 0 bridgehead atoms. The number of esters is 1. The van der Waals surface area contributed by atoms with Crippen LogP contribution in [0.25, 0.3) is 0 Å². The molecule has 10 heteroatoms. The summed E-state index contributed by atoms with van der Waals surface area (Å²) in [5.41, 5.74) is 0.0142. The summed E-state index contributed by atoms with van der Waals surface area (Å²) in [5, 5.41) is 14.6. The quantitative estimate of drug-likeness (QED) is 0.404. The van der Waals surface area contributed by atoms with Crippen LogP contribution in [0.5, 0.6) is 11.6 Å². The molecule has 0 saturated carbocycles. The Labute approximate surface area is 168 Å². The molecule has 29 heavy (non-hydrogen) atoms. The summed E-state index contributed by atoms with van der Waals surface area (Å²) in [6.45, 7) is 3.41. The molecule has 0 unspecified atom stereocenters. The number of benzene rings is 1. The topological polar surface area (TPSA) is 120 Å². The van der Waals surface area contributed by atoms with E-state index < -0.39 is 10.9 Å². The third-order valence-corrected chi connectivity index (χ3v) is 4.63. The first kappa shape index (κ1) is 20.5. The minimum absolute atomic E-state index is 0.114. The Morgan fingerprint density at radius 1 is 1.21 bits per heavy atom. The van der Waals surface area contributed by atoms with E-state index in [2.05, 4.69) is 24.9 Å². The highest BCUT2D eigenvalue weighted by atomic mass is 16.6. The van der Waals surface area contributed by atoms with Crippen molar-refractivity contribution in [1.29, 1.82) is 0 Å². The van der Waals surface area contributed by atoms with Gasteiger partial charge in [-0.05, 0) is 50.2 Å². The summed E-state index contributed by atoms with van der Waals surface area (Å²) < 4.78 is 10.2. The number of aromatic nitrogens is 2. The van der Waals surface area contributed by atoms with Crippen LogP contribution >= 0.6 is 0 Å². The van der Waals surface area contributed by atoms with Gasteiger partial charge >= 0.3 is 17.5 Å². The number of hydrogen-bond donors (Lipinski definition) is 1. The second-order valence-electron chi connectivity index (χ2n) is 6.58. The lowest BCUT2D eigenvalue weighted by atomic mass is 10.1. The van der Waals surface area contributed by atoms with Crippen molar-refractivity contribution in [1.82, 2.24) is 14.9 Å². The van der Waals surface area contributed by atoms with E-state index in [1.54, 1.807) is 0 Å². The summed E-state index contributed by atoms with van der Waals surface area (Å²) in [4.78, 5) is 32.8. The Morgan fingerprint density at radius 3 is 2.59 bits per heavy atom. The van der Waals surface area contributed by atoms with Gasteiger partial charge in [-0.3, -0.25) is 10.1 Å². The molecule has 10 nitrogen and oxygen atoms in total. The Hall–Kier alpha value is -3.27. The molecule has 3 rings (SSSR count). The lowest BCUT2D eigenvalue weighted by Gasteiger charge is -2.26. The van der Waals surface area contributed by atoms with E-state index >= 15 is 0 Å². The molecule has 0 aliphatic carbocycles. The second kappa shape index (κ2) is 9.78. The highest BCUT2D eigenvalue weighted by Gasteiger charge is 2.25. The molecule has 154 valence electrons. The van der Waals surface area contributed by atoms with E-state index in [9.17, 15) is 14.9 Å². The van der Waals surface area contributed by atoms with Gasteiger partial charge in [-0.2, -0.15) is 4.98 Å². The maximum absolute atomic E-state index is 11.6. The van der Waals surface area contributed by atoms with E-state index in [1.165, 1.54) is 57.0 Å². The summed E-state index contributed by atoms with van der Waals surface area (Å²) in [5.74, 6) is -0.233. The highest BCUT2D eigenvalue weighted by Crippen LogP contribution is 2.34. The predicted molar refractivity (Wildman–Crippen MR) is 105 cm³/mol. The Kier molecular flexibility index (Phi) is 6.90.